The summed E-state index contributed by atoms with van der Waals surface area (Å²) >= 11 is 0. The number of hydrogen-bond donors (Lipinski definition) is 1. The molecule has 0 saturated carbocycles. The van der Waals surface area contributed by atoms with E-state index < -0.39 is 0 Å². The summed E-state index contributed by atoms with van der Waals surface area (Å²) in [6.45, 7) is 10.5. The molecule has 20 heavy (non-hydrogen) atoms. The normalized spacial score (nSPS) is 11.8. The van der Waals surface area contributed by atoms with Gasteiger partial charge in [0.25, 0.3) is 0 Å². The number of furan rings is 1. The van der Waals surface area contributed by atoms with Crippen LogP contribution in [0.2, 0.25) is 0 Å². The summed E-state index contributed by atoms with van der Waals surface area (Å²) in [6.07, 6.45) is 5.31. The molecule has 0 aliphatic heterocycles. The van der Waals surface area contributed by atoms with Crippen molar-refractivity contribution in [2.24, 2.45) is 0 Å². The molecule has 5 heteroatoms. The molecule has 0 radical (unpaired) electrons. The number of ether oxygens (including phenoxy) is 1. The van der Waals surface area contributed by atoms with E-state index in [0.29, 0.717) is 6.61 Å². The number of aryl methyl sites for hydroxylation is 1. The summed E-state index contributed by atoms with van der Waals surface area (Å²) in [7, 11) is 0. The van der Waals surface area contributed by atoms with Gasteiger partial charge in [0.2, 0.25) is 0 Å². The van der Waals surface area contributed by atoms with Crippen molar-refractivity contribution in [1.29, 1.82) is 0 Å². The van der Waals surface area contributed by atoms with Crippen molar-refractivity contribution in [2.75, 3.05) is 0 Å². The van der Waals surface area contributed by atoms with Gasteiger partial charge in [-0.15, -0.1) is 0 Å². The second kappa shape index (κ2) is 6.13. The van der Waals surface area contributed by atoms with Gasteiger partial charge in [-0.1, -0.05) is 0 Å². The van der Waals surface area contributed by atoms with E-state index in [4.69, 9.17) is 9.15 Å². The summed E-state index contributed by atoms with van der Waals surface area (Å²) in [5.41, 5.74) is 1.21. The molecule has 2 aromatic heterocycles. The van der Waals surface area contributed by atoms with E-state index in [1.807, 2.05) is 23.9 Å². The Morgan fingerprint density at radius 2 is 2.20 bits per heavy atom. The molecule has 2 heterocycles. The van der Waals surface area contributed by atoms with Crippen LogP contribution in [0.4, 0.5) is 0 Å². The lowest BCUT2D eigenvalue weighted by Crippen LogP contribution is -2.35. The fourth-order valence-electron chi connectivity index (χ4n) is 1.75. The van der Waals surface area contributed by atoms with Gasteiger partial charge in [0.1, 0.15) is 12.4 Å². The Morgan fingerprint density at radius 3 is 2.85 bits per heavy atom. The first-order valence-electron chi connectivity index (χ1n) is 6.93. The molecular formula is C15H23N3O2. The van der Waals surface area contributed by atoms with E-state index in [2.05, 4.69) is 31.2 Å². The first-order chi connectivity index (χ1) is 9.48. The molecule has 110 valence electrons. The number of hydrogen-bond acceptors (Lipinski definition) is 4. The van der Waals surface area contributed by atoms with Gasteiger partial charge in [0.15, 0.2) is 5.75 Å². The van der Waals surface area contributed by atoms with Crippen LogP contribution in [-0.4, -0.2) is 15.3 Å². The van der Waals surface area contributed by atoms with Crippen molar-refractivity contribution in [1.82, 2.24) is 15.1 Å². The maximum absolute atomic E-state index is 5.70. The molecule has 2 aromatic rings. The Labute approximate surface area is 119 Å². The van der Waals surface area contributed by atoms with E-state index >= 15 is 0 Å². The maximum Gasteiger partial charge on any atom is 0.157 e. The number of aromatic nitrogens is 2. The van der Waals surface area contributed by atoms with Gasteiger partial charge >= 0.3 is 0 Å². The molecule has 0 fully saturated rings. The number of nitrogens with zero attached hydrogens (tertiary/aromatic N) is 2. The Kier molecular flexibility index (Phi) is 4.49. The maximum atomic E-state index is 5.70. The molecule has 0 aliphatic carbocycles. The average molecular weight is 277 g/mol. The number of nitrogens with one attached hydrogen (secondary N) is 1. The van der Waals surface area contributed by atoms with E-state index in [1.165, 1.54) is 0 Å². The molecule has 2 rings (SSSR count). The molecule has 0 atom stereocenters. The lowest BCUT2D eigenvalue weighted by atomic mass is 10.1. The summed E-state index contributed by atoms with van der Waals surface area (Å²) in [4.78, 5) is 0. The highest BCUT2D eigenvalue weighted by molar-refractivity contribution is 5.18. The van der Waals surface area contributed by atoms with Crippen molar-refractivity contribution in [3.05, 3.63) is 36.0 Å². The van der Waals surface area contributed by atoms with Crippen molar-refractivity contribution in [3.8, 4) is 5.75 Å². The predicted octanol–water partition coefficient (Wildman–Crippen LogP) is 2.96. The Morgan fingerprint density at radius 1 is 1.40 bits per heavy atom. The molecule has 0 unspecified atom stereocenters. The monoisotopic (exact) mass is 277 g/mol. The Balaban J connectivity index is 1.91. The average Bonchev–Trinajstić information content (AvgIpc) is 3.02. The van der Waals surface area contributed by atoms with Crippen molar-refractivity contribution < 1.29 is 9.15 Å². The van der Waals surface area contributed by atoms with E-state index in [1.54, 1.807) is 12.5 Å². The summed E-state index contributed by atoms with van der Waals surface area (Å²) < 4.78 is 13.0. The van der Waals surface area contributed by atoms with Crippen LogP contribution in [0.5, 0.6) is 5.75 Å². The third-order valence-electron chi connectivity index (χ3n) is 2.95. The molecule has 5 nitrogen and oxygen atoms in total. The van der Waals surface area contributed by atoms with Crippen LogP contribution >= 0.6 is 0 Å². The second-order valence-corrected chi connectivity index (χ2v) is 5.79. The standard InChI is InChI=1S/C15H23N3O2/c1-5-18-10-13(9-17-18)20-11-14-12(6-7-19-14)8-16-15(2,3)4/h6-7,9-10,16H,5,8,11H2,1-4H3. The molecule has 0 bridgehead atoms. The zero-order valence-electron chi connectivity index (χ0n) is 12.6. The Hall–Kier alpha value is -1.75. The fraction of sp³-hybridized carbons (Fsp3) is 0.533. The minimum absolute atomic E-state index is 0.0810. The van der Waals surface area contributed by atoms with Gasteiger partial charge in [-0.25, -0.2) is 0 Å². The van der Waals surface area contributed by atoms with Crippen molar-refractivity contribution in [3.63, 3.8) is 0 Å². The second-order valence-electron chi connectivity index (χ2n) is 5.79. The van der Waals surface area contributed by atoms with Gasteiger partial charge in [-0.05, 0) is 33.8 Å². The summed E-state index contributed by atoms with van der Waals surface area (Å²) in [5, 5.41) is 7.62. The van der Waals surface area contributed by atoms with Crippen LogP contribution in [0.1, 0.15) is 39.0 Å². The third kappa shape index (κ3) is 4.13. The van der Waals surface area contributed by atoms with Crippen LogP contribution in [-0.2, 0) is 19.7 Å². The fourth-order valence-corrected chi connectivity index (χ4v) is 1.75. The third-order valence-corrected chi connectivity index (χ3v) is 2.95. The molecule has 1 N–H and O–H groups in total. The van der Waals surface area contributed by atoms with Crippen LogP contribution in [0.15, 0.2) is 29.1 Å². The van der Waals surface area contributed by atoms with Crippen LogP contribution < -0.4 is 10.1 Å². The van der Waals surface area contributed by atoms with Gasteiger partial charge < -0.3 is 14.5 Å². The van der Waals surface area contributed by atoms with Gasteiger partial charge in [-0.2, -0.15) is 5.10 Å². The van der Waals surface area contributed by atoms with Gasteiger partial charge in [0.05, 0.1) is 18.7 Å². The molecular weight excluding hydrogens is 254 g/mol. The zero-order chi connectivity index (χ0) is 14.6. The minimum atomic E-state index is 0.0810. The highest BCUT2D eigenvalue weighted by atomic mass is 16.5. The lowest BCUT2D eigenvalue weighted by Gasteiger charge is -2.20. The SMILES string of the molecule is CCn1cc(OCc2occc2CNC(C)(C)C)cn1. The van der Waals surface area contributed by atoms with E-state index in [9.17, 15) is 0 Å². The quantitative estimate of drug-likeness (QED) is 0.882. The van der Waals surface area contributed by atoms with E-state index in [-0.39, 0.29) is 5.54 Å². The minimum Gasteiger partial charge on any atom is -0.482 e. The van der Waals surface area contributed by atoms with Gasteiger partial charge in [-0.3, -0.25) is 4.68 Å². The number of rotatable bonds is 6. The molecule has 0 aromatic carbocycles. The molecule has 0 aliphatic rings. The smallest absolute Gasteiger partial charge is 0.157 e. The first-order valence-corrected chi connectivity index (χ1v) is 6.93. The highest BCUT2D eigenvalue weighted by Gasteiger charge is 2.12. The highest BCUT2D eigenvalue weighted by Crippen LogP contribution is 2.16. The van der Waals surface area contributed by atoms with Crippen LogP contribution in [0, 0.1) is 0 Å². The molecule has 0 saturated heterocycles. The summed E-state index contributed by atoms with van der Waals surface area (Å²) in [5.74, 6) is 1.61. The first kappa shape index (κ1) is 14.7. The van der Waals surface area contributed by atoms with Crippen molar-refractivity contribution in [2.45, 2.75) is 52.9 Å². The molecule has 0 spiro atoms. The summed E-state index contributed by atoms with van der Waals surface area (Å²) in [6, 6.07) is 1.98. The van der Waals surface area contributed by atoms with Gasteiger partial charge in [0, 0.05) is 24.2 Å². The van der Waals surface area contributed by atoms with Crippen LogP contribution in [0.25, 0.3) is 0 Å². The van der Waals surface area contributed by atoms with E-state index in [0.717, 1.165) is 30.2 Å². The van der Waals surface area contributed by atoms with Crippen molar-refractivity contribution >= 4 is 0 Å². The van der Waals surface area contributed by atoms with Crippen LogP contribution in [0.3, 0.4) is 0 Å². The Bertz CT molecular complexity index is 537. The topological polar surface area (TPSA) is 52.2 Å². The molecule has 0 amide bonds. The largest absolute Gasteiger partial charge is 0.482 e. The zero-order valence-corrected chi connectivity index (χ0v) is 12.6. The predicted molar refractivity (Wildman–Crippen MR) is 77.5 cm³/mol. The lowest BCUT2D eigenvalue weighted by molar-refractivity contribution is 0.267.